The van der Waals surface area contributed by atoms with Gasteiger partial charge in [-0.15, -0.1) is 0 Å². The molecule has 1 saturated heterocycles. The van der Waals surface area contributed by atoms with Crippen LogP contribution in [0.25, 0.3) is 0 Å². The molecule has 0 spiro atoms. The van der Waals surface area contributed by atoms with Crippen molar-refractivity contribution in [3.8, 4) is 5.75 Å². The van der Waals surface area contributed by atoms with Crippen molar-refractivity contribution in [2.24, 2.45) is 0 Å². The molecule has 0 amide bonds. The Hall–Kier alpha value is -0.610. The monoisotopic (exact) mass is 355 g/mol. The van der Waals surface area contributed by atoms with Gasteiger partial charge < -0.3 is 10.1 Å². The summed E-state index contributed by atoms with van der Waals surface area (Å²) in [5.74, 6) is 0.915. The molecule has 0 aromatic heterocycles. The molecule has 2 aliphatic rings. The predicted molar refractivity (Wildman–Crippen MR) is 86.8 cm³/mol. The van der Waals surface area contributed by atoms with E-state index >= 15 is 4.39 Å². The van der Waals surface area contributed by atoms with E-state index in [9.17, 15) is 0 Å². The SMILES string of the molecule is CC(F)(Cc1cc(Br)cc2c1OCC2)CC1CCCCN1. The summed E-state index contributed by atoms with van der Waals surface area (Å²) in [5.41, 5.74) is 0.999. The summed E-state index contributed by atoms with van der Waals surface area (Å²) >= 11 is 3.53. The first-order valence-corrected chi connectivity index (χ1v) is 8.69. The quantitative estimate of drug-likeness (QED) is 0.874. The van der Waals surface area contributed by atoms with Crippen LogP contribution in [0.2, 0.25) is 0 Å². The Morgan fingerprint density at radius 1 is 1.43 bits per heavy atom. The molecule has 0 aliphatic carbocycles. The second kappa shape index (κ2) is 6.25. The molecule has 1 aromatic carbocycles. The number of hydrogen-bond acceptors (Lipinski definition) is 2. The zero-order valence-corrected chi connectivity index (χ0v) is 14.1. The average Bonchev–Trinajstić information content (AvgIpc) is 2.87. The van der Waals surface area contributed by atoms with E-state index < -0.39 is 5.67 Å². The van der Waals surface area contributed by atoms with Crippen LogP contribution in [0.1, 0.15) is 43.7 Å². The van der Waals surface area contributed by atoms with E-state index in [1.54, 1.807) is 6.92 Å². The van der Waals surface area contributed by atoms with Gasteiger partial charge in [0.05, 0.1) is 6.61 Å². The van der Waals surface area contributed by atoms with Crippen molar-refractivity contribution in [1.82, 2.24) is 5.32 Å². The van der Waals surface area contributed by atoms with Crippen molar-refractivity contribution >= 4 is 15.9 Å². The summed E-state index contributed by atoms with van der Waals surface area (Å²) in [6.45, 7) is 3.47. The topological polar surface area (TPSA) is 21.3 Å². The number of piperidine rings is 1. The fraction of sp³-hybridized carbons (Fsp3) is 0.647. The lowest BCUT2D eigenvalue weighted by Crippen LogP contribution is -2.40. The van der Waals surface area contributed by atoms with Crippen molar-refractivity contribution in [2.45, 2.75) is 57.2 Å². The highest BCUT2D eigenvalue weighted by Crippen LogP contribution is 2.37. The lowest BCUT2D eigenvalue weighted by atomic mass is 9.87. The molecule has 2 atom stereocenters. The Balaban J connectivity index is 1.72. The van der Waals surface area contributed by atoms with Crippen LogP contribution in [-0.4, -0.2) is 24.9 Å². The normalized spacial score (nSPS) is 24.2. The fourth-order valence-corrected chi connectivity index (χ4v) is 4.11. The molecule has 0 bridgehead atoms. The number of halogens is 2. The number of ether oxygens (including phenoxy) is 1. The molecule has 0 radical (unpaired) electrons. The molecular weight excluding hydrogens is 333 g/mol. The maximum absolute atomic E-state index is 15.0. The van der Waals surface area contributed by atoms with Gasteiger partial charge in [0.1, 0.15) is 11.4 Å². The number of fused-ring (bicyclic) bond motifs is 1. The van der Waals surface area contributed by atoms with E-state index in [4.69, 9.17) is 4.74 Å². The van der Waals surface area contributed by atoms with Gasteiger partial charge in [0.2, 0.25) is 0 Å². The third-order valence-corrected chi connectivity index (χ3v) is 4.93. The summed E-state index contributed by atoms with van der Waals surface area (Å²) in [4.78, 5) is 0. The summed E-state index contributed by atoms with van der Waals surface area (Å²) < 4.78 is 21.8. The van der Waals surface area contributed by atoms with Gasteiger partial charge in [-0.3, -0.25) is 0 Å². The number of alkyl halides is 1. The zero-order chi connectivity index (χ0) is 14.9. The van der Waals surface area contributed by atoms with Crippen LogP contribution < -0.4 is 10.1 Å². The van der Waals surface area contributed by atoms with E-state index in [0.717, 1.165) is 35.2 Å². The van der Waals surface area contributed by atoms with E-state index in [1.165, 1.54) is 18.4 Å². The Morgan fingerprint density at radius 2 is 2.29 bits per heavy atom. The molecule has 21 heavy (non-hydrogen) atoms. The van der Waals surface area contributed by atoms with Crippen molar-refractivity contribution in [2.75, 3.05) is 13.2 Å². The van der Waals surface area contributed by atoms with Gasteiger partial charge in [-0.25, -0.2) is 4.39 Å². The first-order chi connectivity index (χ1) is 10.0. The minimum Gasteiger partial charge on any atom is -0.493 e. The van der Waals surface area contributed by atoms with Gasteiger partial charge in [0.15, 0.2) is 0 Å². The summed E-state index contributed by atoms with van der Waals surface area (Å²) in [5, 5.41) is 3.44. The standard InChI is InChI=1S/C17H23BrFNO/c1-17(19,11-15-4-2-3-6-20-15)10-13-9-14(18)8-12-5-7-21-16(12)13/h8-9,15,20H,2-7,10-11H2,1H3. The molecule has 1 N–H and O–H groups in total. The molecule has 2 unspecified atom stereocenters. The summed E-state index contributed by atoms with van der Waals surface area (Å²) in [7, 11) is 0. The van der Waals surface area contributed by atoms with E-state index in [1.807, 2.05) is 6.07 Å². The second-order valence-electron chi connectivity index (χ2n) is 6.59. The Morgan fingerprint density at radius 3 is 3.05 bits per heavy atom. The fourth-order valence-electron chi connectivity index (χ4n) is 3.56. The van der Waals surface area contributed by atoms with Crippen molar-refractivity contribution < 1.29 is 9.13 Å². The highest BCUT2D eigenvalue weighted by atomic mass is 79.9. The lowest BCUT2D eigenvalue weighted by molar-refractivity contribution is 0.144. The summed E-state index contributed by atoms with van der Waals surface area (Å²) in [6.07, 6.45) is 5.44. The number of nitrogens with one attached hydrogen (secondary N) is 1. The molecule has 2 aliphatic heterocycles. The van der Waals surface area contributed by atoms with Crippen LogP contribution in [-0.2, 0) is 12.8 Å². The third-order valence-electron chi connectivity index (χ3n) is 4.47. The van der Waals surface area contributed by atoms with Crippen LogP contribution >= 0.6 is 15.9 Å². The average molecular weight is 356 g/mol. The van der Waals surface area contributed by atoms with Gasteiger partial charge in [0, 0.05) is 23.4 Å². The van der Waals surface area contributed by atoms with Crippen LogP contribution in [0.15, 0.2) is 16.6 Å². The molecule has 2 nitrogen and oxygen atoms in total. The van der Waals surface area contributed by atoms with Crippen LogP contribution in [0, 0.1) is 0 Å². The van der Waals surface area contributed by atoms with Crippen molar-refractivity contribution in [3.63, 3.8) is 0 Å². The van der Waals surface area contributed by atoms with E-state index in [0.29, 0.717) is 25.5 Å². The maximum atomic E-state index is 15.0. The van der Waals surface area contributed by atoms with E-state index in [2.05, 4.69) is 27.3 Å². The van der Waals surface area contributed by atoms with Gasteiger partial charge in [-0.1, -0.05) is 22.4 Å². The van der Waals surface area contributed by atoms with Crippen LogP contribution in [0.4, 0.5) is 4.39 Å². The van der Waals surface area contributed by atoms with Crippen LogP contribution in [0.3, 0.4) is 0 Å². The Labute approximate surface area is 134 Å². The predicted octanol–water partition coefficient (Wildman–Crippen LogP) is 4.19. The minimum absolute atomic E-state index is 0.315. The smallest absolute Gasteiger partial charge is 0.126 e. The number of hydrogen-bond donors (Lipinski definition) is 1. The largest absolute Gasteiger partial charge is 0.493 e. The van der Waals surface area contributed by atoms with Crippen molar-refractivity contribution in [1.29, 1.82) is 0 Å². The summed E-state index contributed by atoms with van der Waals surface area (Å²) in [6, 6.07) is 4.41. The highest BCUT2D eigenvalue weighted by Gasteiger charge is 2.31. The molecule has 116 valence electrons. The molecular formula is C17H23BrFNO. The van der Waals surface area contributed by atoms with Gasteiger partial charge >= 0.3 is 0 Å². The zero-order valence-electron chi connectivity index (χ0n) is 12.6. The Bertz CT molecular complexity index is 512. The maximum Gasteiger partial charge on any atom is 0.126 e. The molecule has 1 aromatic rings. The first-order valence-electron chi connectivity index (χ1n) is 7.90. The molecule has 3 rings (SSSR count). The second-order valence-corrected chi connectivity index (χ2v) is 7.51. The Kier molecular flexibility index (Phi) is 4.55. The van der Waals surface area contributed by atoms with Gasteiger partial charge in [-0.2, -0.15) is 0 Å². The minimum atomic E-state index is -1.20. The molecule has 0 saturated carbocycles. The molecule has 2 heterocycles. The highest BCUT2D eigenvalue weighted by molar-refractivity contribution is 9.10. The lowest BCUT2D eigenvalue weighted by Gasteiger charge is -2.30. The molecule has 1 fully saturated rings. The van der Waals surface area contributed by atoms with E-state index in [-0.39, 0.29) is 0 Å². The third kappa shape index (κ3) is 3.78. The van der Waals surface area contributed by atoms with Crippen LogP contribution in [0.5, 0.6) is 5.75 Å². The number of rotatable bonds is 4. The van der Waals surface area contributed by atoms with Gasteiger partial charge in [0.25, 0.3) is 0 Å². The first kappa shape index (κ1) is 15.3. The van der Waals surface area contributed by atoms with Crippen molar-refractivity contribution in [3.05, 3.63) is 27.7 Å². The van der Waals surface area contributed by atoms with Gasteiger partial charge in [-0.05, 0) is 56.0 Å². The number of benzene rings is 1. The molecule has 4 heteroatoms.